The van der Waals surface area contributed by atoms with Crippen molar-refractivity contribution >= 4 is 16.0 Å². The van der Waals surface area contributed by atoms with Gasteiger partial charge in [0.25, 0.3) is 0 Å². The molecule has 0 saturated carbocycles. The molecule has 0 rings (SSSR count). The summed E-state index contributed by atoms with van der Waals surface area (Å²) < 4.78 is 24.9. The first-order valence-electron chi connectivity index (χ1n) is 4.16. The third-order valence-corrected chi connectivity index (χ3v) is 3.56. The van der Waals surface area contributed by atoms with E-state index in [0.717, 1.165) is 6.92 Å². The van der Waals surface area contributed by atoms with Crippen molar-refractivity contribution in [2.24, 2.45) is 0 Å². The Morgan fingerprint density at radius 1 is 1.57 bits per heavy atom. The minimum Gasteiger partial charge on any atom is -0.480 e. The molecule has 2 unspecified atom stereocenters. The molecule has 0 aromatic heterocycles. The molecule has 0 aliphatic carbocycles. The minimum atomic E-state index is -3.78. The third-order valence-electron chi connectivity index (χ3n) is 1.70. The van der Waals surface area contributed by atoms with E-state index in [1.165, 1.54) is 0 Å². The summed E-state index contributed by atoms with van der Waals surface area (Å²) in [5, 5.41) is 7.09. The monoisotopic (exact) mass is 221 g/mol. The summed E-state index contributed by atoms with van der Waals surface area (Å²) in [6, 6.07) is -0.334. The Bertz CT molecular complexity index is 309. The van der Waals surface area contributed by atoms with Crippen molar-refractivity contribution in [2.45, 2.75) is 31.6 Å². The molecule has 0 aliphatic rings. The number of carbonyl (C=O) groups is 1. The van der Waals surface area contributed by atoms with Crippen molar-refractivity contribution in [3.05, 3.63) is 12.7 Å². The van der Waals surface area contributed by atoms with Crippen molar-refractivity contribution in [3.8, 4) is 0 Å². The highest BCUT2D eigenvalue weighted by Gasteiger charge is 2.28. The Morgan fingerprint density at radius 3 is 2.43 bits per heavy atom. The highest BCUT2D eigenvalue weighted by molar-refractivity contribution is 7.90. The molecule has 0 bridgehead atoms. The number of sulfonamides is 1. The van der Waals surface area contributed by atoms with Crippen LogP contribution in [0.4, 0.5) is 0 Å². The molecule has 2 N–H and O–H groups in total. The molecule has 14 heavy (non-hydrogen) atoms. The number of carboxylic acid groups (broad SMARTS) is 1. The standard InChI is InChI=1S/C8H15NO4S/c1-4-5-6(2)9-14(12,13)7(3)8(10)11/h4,6-7,9H,1,5H2,2-3H3,(H,10,11). The second-order valence-corrected chi connectivity index (χ2v) is 5.10. The van der Waals surface area contributed by atoms with Crippen LogP contribution in [0.3, 0.4) is 0 Å². The van der Waals surface area contributed by atoms with Crippen LogP contribution in [0.5, 0.6) is 0 Å². The number of rotatable bonds is 6. The van der Waals surface area contributed by atoms with Gasteiger partial charge in [-0.05, 0) is 20.3 Å². The molecule has 0 spiro atoms. The van der Waals surface area contributed by atoms with Crippen molar-refractivity contribution in [1.29, 1.82) is 0 Å². The van der Waals surface area contributed by atoms with E-state index >= 15 is 0 Å². The van der Waals surface area contributed by atoms with Crippen LogP contribution >= 0.6 is 0 Å². The minimum absolute atomic E-state index is 0.334. The maximum atomic E-state index is 11.3. The maximum absolute atomic E-state index is 11.3. The Balaban J connectivity index is 4.49. The molecule has 0 aliphatic heterocycles. The second-order valence-electron chi connectivity index (χ2n) is 3.07. The Morgan fingerprint density at radius 2 is 2.07 bits per heavy atom. The molecule has 82 valence electrons. The fourth-order valence-electron chi connectivity index (χ4n) is 0.813. The van der Waals surface area contributed by atoms with Gasteiger partial charge in [-0.15, -0.1) is 6.58 Å². The predicted octanol–water partition coefficient (Wildman–Crippen LogP) is 0.343. The predicted molar refractivity (Wildman–Crippen MR) is 53.4 cm³/mol. The van der Waals surface area contributed by atoms with E-state index in [2.05, 4.69) is 11.3 Å². The van der Waals surface area contributed by atoms with Gasteiger partial charge in [-0.3, -0.25) is 4.79 Å². The summed E-state index contributed by atoms with van der Waals surface area (Å²) in [4.78, 5) is 10.4. The van der Waals surface area contributed by atoms with Gasteiger partial charge in [0.2, 0.25) is 10.0 Å². The third kappa shape index (κ3) is 3.89. The number of carboxylic acids is 1. The first kappa shape index (κ1) is 13.1. The lowest BCUT2D eigenvalue weighted by atomic mass is 10.3. The zero-order valence-corrected chi connectivity index (χ0v) is 9.04. The number of hydrogen-bond acceptors (Lipinski definition) is 3. The molecule has 0 radical (unpaired) electrons. The average molecular weight is 221 g/mol. The van der Waals surface area contributed by atoms with E-state index in [1.54, 1.807) is 13.0 Å². The first-order chi connectivity index (χ1) is 6.31. The van der Waals surface area contributed by atoms with Crippen molar-refractivity contribution in [2.75, 3.05) is 0 Å². The van der Waals surface area contributed by atoms with E-state index in [-0.39, 0.29) is 6.04 Å². The van der Waals surface area contributed by atoms with Crippen LogP contribution in [0.15, 0.2) is 12.7 Å². The Labute approximate surface area is 83.9 Å². The molecule has 0 saturated heterocycles. The van der Waals surface area contributed by atoms with Gasteiger partial charge in [0.1, 0.15) is 0 Å². The summed E-state index contributed by atoms with van der Waals surface area (Å²) in [6.07, 6.45) is 2.03. The lowest BCUT2D eigenvalue weighted by Gasteiger charge is -2.14. The lowest BCUT2D eigenvalue weighted by molar-refractivity contribution is -0.136. The number of hydrogen-bond donors (Lipinski definition) is 2. The quantitative estimate of drug-likeness (QED) is 0.634. The van der Waals surface area contributed by atoms with Crippen molar-refractivity contribution < 1.29 is 18.3 Å². The van der Waals surface area contributed by atoms with Crippen LogP contribution in [0.1, 0.15) is 20.3 Å². The van der Waals surface area contributed by atoms with Gasteiger partial charge in [0, 0.05) is 6.04 Å². The number of aliphatic carboxylic acids is 1. The van der Waals surface area contributed by atoms with Crippen molar-refractivity contribution in [3.63, 3.8) is 0 Å². The van der Waals surface area contributed by atoms with Gasteiger partial charge in [0.05, 0.1) is 0 Å². The molecule has 6 heteroatoms. The fraction of sp³-hybridized carbons (Fsp3) is 0.625. The van der Waals surface area contributed by atoms with Gasteiger partial charge in [-0.2, -0.15) is 0 Å². The summed E-state index contributed by atoms with van der Waals surface area (Å²) in [6.45, 7) is 6.24. The molecule has 0 aromatic carbocycles. The molecule has 0 aromatic rings. The van der Waals surface area contributed by atoms with E-state index < -0.39 is 21.2 Å². The van der Waals surface area contributed by atoms with E-state index in [1.807, 2.05) is 0 Å². The molecule has 0 heterocycles. The van der Waals surface area contributed by atoms with Gasteiger partial charge in [-0.25, -0.2) is 13.1 Å². The molecule has 5 nitrogen and oxygen atoms in total. The van der Waals surface area contributed by atoms with E-state index in [4.69, 9.17) is 5.11 Å². The van der Waals surface area contributed by atoms with Crippen LogP contribution in [0.2, 0.25) is 0 Å². The molecule has 2 atom stereocenters. The maximum Gasteiger partial charge on any atom is 0.323 e. The summed E-state index contributed by atoms with van der Waals surface area (Å²) in [5.74, 6) is -1.36. The Hall–Kier alpha value is -0.880. The lowest BCUT2D eigenvalue weighted by Crippen LogP contribution is -2.41. The van der Waals surface area contributed by atoms with Gasteiger partial charge in [-0.1, -0.05) is 6.08 Å². The molecule has 0 amide bonds. The summed E-state index contributed by atoms with van der Waals surface area (Å²) >= 11 is 0. The van der Waals surface area contributed by atoms with Gasteiger partial charge < -0.3 is 5.11 Å². The molecular formula is C8H15NO4S. The summed E-state index contributed by atoms with van der Waals surface area (Å²) in [7, 11) is -3.78. The zero-order chi connectivity index (χ0) is 11.4. The SMILES string of the molecule is C=CCC(C)NS(=O)(=O)C(C)C(=O)O. The average Bonchev–Trinajstić information content (AvgIpc) is 2.02. The van der Waals surface area contributed by atoms with Crippen LogP contribution < -0.4 is 4.72 Å². The smallest absolute Gasteiger partial charge is 0.323 e. The van der Waals surface area contributed by atoms with Gasteiger partial charge in [0.15, 0.2) is 5.25 Å². The van der Waals surface area contributed by atoms with E-state index in [9.17, 15) is 13.2 Å². The number of nitrogens with one attached hydrogen (secondary N) is 1. The highest BCUT2D eigenvalue weighted by atomic mass is 32.2. The first-order valence-corrected chi connectivity index (χ1v) is 5.70. The van der Waals surface area contributed by atoms with Crippen LogP contribution in [0, 0.1) is 0 Å². The zero-order valence-electron chi connectivity index (χ0n) is 8.23. The van der Waals surface area contributed by atoms with Crippen LogP contribution in [-0.2, 0) is 14.8 Å². The van der Waals surface area contributed by atoms with Crippen LogP contribution in [-0.4, -0.2) is 30.8 Å². The topological polar surface area (TPSA) is 83.5 Å². The summed E-state index contributed by atoms with van der Waals surface area (Å²) in [5.41, 5.74) is 0. The largest absolute Gasteiger partial charge is 0.480 e. The van der Waals surface area contributed by atoms with Crippen molar-refractivity contribution in [1.82, 2.24) is 4.72 Å². The second kappa shape index (κ2) is 5.11. The van der Waals surface area contributed by atoms with Gasteiger partial charge >= 0.3 is 5.97 Å². The normalized spacial score (nSPS) is 15.9. The molecular weight excluding hydrogens is 206 g/mol. The highest BCUT2D eigenvalue weighted by Crippen LogP contribution is 2.02. The molecule has 0 fully saturated rings. The van der Waals surface area contributed by atoms with E-state index in [0.29, 0.717) is 6.42 Å². The van der Waals surface area contributed by atoms with Crippen LogP contribution in [0.25, 0.3) is 0 Å². The fourth-order valence-corrected chi connectivity index (χ4v) is 1.94. The Kier molecular flexibility index (Phi) is 4.79.